The number of halogens is 1. The molecule has 0 fully saturated rings. The molecule has 0 radical (unpaired) electrons. The molecule has 1 heterocycles. The Hall–Kier alpha value is -1.72. The normalized spacial score (nSPS) is 10.8. The highest BCUT2D eigenvalue weighted by Gasteiger charge is 2.10. The van der Waals surface area contributed by atoms with Crippen molar-refractivity contribution >= 4 is 45.1 Å². The number of carbonyl (C=O) groups excluding carboxylic acids is 1. The van der Waals surface area contributed by atoms with Gasteiger partial charge < -0.3 is 5.11 Å². The molecule has 0 saturated heterocycles. The van der Waals surface area contributed by atoms with E-state index in [1.807, 2.05) is 24.3 Å². The summed E-state index contributed by atoms with van der Waals surface area (Å²) in [4.78, 5) is 23.2. The molecule has 0 aliphatic carbocycles. The summed E-state index contributed by atoms with van der Waals surface area (Å²) in [6.45, 7) is 0. The Morgan fingerprint density at radius 1 is 1.16 bits per heavy atom. The Morgan fingerprint density at radius 2 is 1.89 bits per heavy atom. The van der Waals surface area contributed by atoms with Crippen molar-refractivity contribution in [3.05, 3.63) is 62.3 Å². The van der Waals surface area contributed by atoms with Gasteiger partial charge in [0.25, 0.3) is 0 Å². The minimum atomic E-state index is -1.01. The van der Waals surface area contributed by atoms with Crippen LogP contribution < -0.4 is 0 Å². The van der Waals surface area contributed by atoms with Crippen LogP contribution in [0.4, 0.5) is 0 Å². The van der Waals surface area contributed by atoms with Gasteiger partial charge in [0.1, 0.15) is 4.88 Å². The van der Waals surface area contributed by atoms with Gasteiger partial charge in [-0.25, -0.2) is 4.79 Å². The fourth-order valence-corrected chi connectivity index (χ4v) is 2.63. The van der Waals surface area contributed by atoms with Crippen molar-refractivity contribution in [3.8, 4) is 0 Å². The van der Waals surface area contributed by atoms with Crippen LogP contribution in [0.15, 0.2) is 46.9 Å². The van der Waals surface area contributed by atoms with Gasteiger partial charge in [0.15, 0.2) is 5.78 Å². The predicted molar refractivity (Wildman–Crippen MR) is 78.8 cm³/mol. The number of hydrogen-bond acceptors (Lipinski definition) is 3. The second kappa shape index (κ2) is 5.95. The summed E-state index contributed by atoms with van der Waals surface area (Å²) in [6.07, 6.45) is 3.15. The van der Waals surface area contributed by atoms with Gasteiger partial charge in [-0.3, -0.25) is 4.79 Å². The van der Waals surface area contributed by atoms with E-state index in [2.05, 4.69) is 15.9 Å². The molecule has 0 aliphatic rings. The summed E-state index contributed by atoms with van der Waals surface area (Å²) in [6, 6.07) is 10.5. The quantitative estimate of drug-likeness (QED) is 0.675. The number of thiophene rings is 1. The smallest absolute Gasteiger partial charge is 0.345 e. The van der Waals surface area contributed by atoms with Crippen LogP contribution in [-0.2, 0) is 0 Å². The highest BCUT2D eigenvalue weighted by molar-refractivity contribution is 9.10. The molecule has 5 heteroatoms. The molecule has 0 unspecified atom stereocenters. The highest BCUT2D eigenvalue weighted by Crippen LogP contribution is 2.18. The third-order valence-corrected chi connectivity index (χ3v) is 3.92. The van der Waals surface area contributed by atoms with Crippen molar-refractivity contribution in [2.45, 2.75) is 0 Å². The van der Waals surface area contributed by atoms with Crippen molar-refractivity contribution in [1.82, 2.24) is 0 Å². The number of benzene rings is 1. The molecule has 96 valence electrons. The van der Waals surface area contributed by atoms with E-state index in [0.717, 1.165) is 21.4 Å². The number of hydrogen-bond donors (Lipinski definition) is 1. The molecule has 0 saturated carbocycles. The van der Waals surface area contributed by atoms with E-state index in [9.17, 15) is 9.59 Å². The van der Waals surface area contributed by atoms with Crippen LogP contribution in [0.25, 0.3) is 6.08 Å². The molecule has 0 bridgehead atoms. The molecule has 19 heavy (non-hydrogen) atoms. The number of aromatic carboxylic acids is 1. The van der Waals surface area contributed by atoms with E-state index in [1.54, 1.807) is 6.08 Å². The van der Waals surface area contributed by atoms with E-state index in [0.29, 0.717) is 4.88 Å². The lowest BCUT2D eigenvalue weighted by Crippen LogP contribution is -1.91. The van der Waals surface area contributed by atoms with Crippen molar-refractivity contribution in [3.63, 3.8) is 0 Å². The van der Waals surface area contributed by atoms with E-state index in [-0.39, 0.29) is 10.7 Å². The van der Waals surface area contributed by atoms with Gasteiger partial charge in [-0.05, 0) is 35.9 Å². The molecule has 0 spiro atoms. The first-order valence-corrected chi connectivity index (χ1v) is 6.98. The lowest BCUT2D eigenvalue weighted by atomic mass is 10.2. The zero-order valence-electron chi connectivity index (χ0n) is 9.67. The van der Waals surface area contributed by atoms with Gasteiger partial charge in [0.05, 0.1) is 4.88 Å². The number of carbonyl (C=O) groups is 2. The Morgan fingerprint density at radius 3 is 2.53 bits per heavy atom. The van der Waals surface area contributed by atoms with Crippen molar-refractivity contribution in [1.29, 1.82) is 0 Å². The number of carboxylic acids is 1. The Kier molecular flexibility index (Phi) is 4.29. The maximum atomic E-state index is 11.9. The van der Waals surface area contributed by atoms with Gasteiger partial charge in [-0.2, -0.15) is 0 Å². The average molecular weight is 337 g/mol. The summed E-state index contributed by atoms with van der Waals surface area (Å²) < 4.78 is 0.936. The number of ketones is 1. The minimum absolute atomic E-state index is 0.166. The minimum Gasteiger partial charge on any atom is -0.477 e. The average Bonchev–Trinajstić information content (AvgIpc) is 2.86. The second-order valence-corrected chi connectivity index (χ2v) is 5.72. The summed E-state index contributed by atoms with van der Waals surface area (Å²) in [5, 5.41) is 8.79. The van der Waals surface area contributed by atoms with Crippen molar-refractivity contribution in [2.24, 2.45) is 0 Å². The molecule has 1 aromatic heterocycles. The molecule has 3 nitrogen and oxygen atoms in total. The monoisotopic (exact) mass is 336 g/mol. The Balaban J connectivity index is 2.14. The lowest BCUT2D eigenvalue weighted by Gasteiger charge is -1.94. The highest BCUT2D eigenvalue weighted by atomic mass is 79.9. The fourth-order valence-electron chi connectivity index (χ4n) is 1.45. The molecular weight excluding hydrogens is 328 g/mol. The van der Waals surface area contributed by atoms with Gasteiger partial charge >= 0.3 is 5.97 Å². The van der Waals surface area contributed by atoms with Crippen molar-refractivity contribution in [2.75, 3.05) is 0 Å². The fraction of sp³-hybridized carbons (Fsp3) is 0. The first-order chi connectivity index (χ1) is 9.06. The molecule has 0 amide bonds. The van der Waals surface area contributed by atoms with Crippen LogP contribution in [0, 0.1) is 0 Å². The number of allylic oxidation sites excluding steroid dienone is 1. The molecular formula is C14H9BrO3S. The zero-order valence-corrected chi connectivity index (χ0v) is 12.1. The Bertz CT molecular complexity index is 658. The van der Waals surface area contributed by atoms with E-state index >= 15 is 0 Å². The van der Waals surface area contributed by atoms with Crippen LogP contribution >= 0.6 is 27.3 Å². The van der Waals surface area contributed by atoms with Gasteiger partial charge in [-0.1, -0.05) is 34.1 Å². The molecule has 2 aromatic rings. The largest absolute Gasteiger partial charge is 0.477 e. The number of rotatable bonds is 4. The van der Waals surface area contributed by atoms with E-state index in [4.69, 9.17) is 5.11 Å². The third kappa shape index (κ3) is 3.62. The maximum Gasteiger partial charge on any atom is 0.345 e. The first-order valence-electron chi connectivity index (χ1n) is 5.37. The summed E-state index contributed by atoms with van der Waals surface area (Å²) >= 11 is 4.33. The number of carboxylic acid groups (broad SMARTS) is 1. The summed E-state index contributed by atoms with van der Waals surface area (Å²) in [5.41, 5.74) is 0.901. The second-order valence-electron chi connectivity index (χ2n) is 3.72. The van der Waals surface area contributed by atoms with Gasteiger partial charge in [-0.15, -0.1) is 11.3 Å². The van der Waals surface area contributed by atoms with E-state index in [1.165, 1.54) is 18.2 Å². The third-order valence-electron chi connectivity index (χ3n) is 2.34. The standard InChI is InChI=1S/C14H9BrO3S/c15-10-3-1-2-9(8-10)4-5-11(16)12-6-7-13(19-12)14(17)18/h1-8H,(H,17,18)/b5-4+. The zero-order chi connectivity index (χ0) is 13.8. The molecule has 0 atom stereocenters. The topological polar surface area (TPSA) is 54.4 Å². The molecule has 0 aliphatic heterocycles. The van der Waals surface area contributed by atoms with E-state index < -0.39 is 5.97 Å². The molecule has 2 rings (SSSR count). The van der Waals surface area contributed by atoms with Crippen LogP contribution in [0.3, 0.4) is 0 Å². The van der Waals surface area contributed by atoms with Crippen molar-refractivity contribution < 1.29 is 14.7 Å². The first kappa shape index (κ1) is 13.7. The summed E-state index contributed by atoms with van der Waals surface area (Å²) in [5.74, 6) is -1.21. The SMILES string of the molecule is O=C(O)c1ccc(C(=O)/C=C/c2cccc(Br)c2)s1. The molecule has 1 N–H and O–H groups in total. The van der Waals surface area contributed by atoms with Gasteiger partial charge in [0.2, 0.25) is 0 Å². The predicted octanol–water partition coefficient (Wildman–Crippen LogP) is 4.10. The van der Waals surface area contributed by atoms with Crippen LogP contribution in [-0.4, -0.2) is 16.9 Å². The van der Waals surface area contributed by atoms with Gasteiger partial charge in [0, 0.05) is 4.47 Å². The summed E-state index contributed by atoms with van der Waals surface area (Å²) in [7, 11) is 0. The van der Waals surface area contributed by atoms with Crippen LogP contribution in [0.5, 0.6) is 0 Å². The van der Waals surface area contributed by atoms with Crippen LogP contribution in [0.1, 0.15) is 24.9 Å². The lowest BCUT2D eigenvalue weighted by molar-refractivity contribution is 0.0702. The Labute approximate surface area is 122 Å². The molecule has 1 aromatic carbocycles. The maximum absolute atomic E-state index is 11.9. The van der Waals surface area contributed by atoms with Crippen LogP contribution in [0.2, 0.25) is 0 Å².